The van der Waals surface area contributed by atoms with Gasteiger partial charge in [0.1, 0.15) is 5.69 Å². The molecule has 0 aliphatic rings. The molecule has 3 N–H and O–H groups in total. The Morgan fingerprint density at radius 2 is 2.31 bits per heavy atom. The number of hydrogen-bond acceptors (Lipinski definition) is 4. The maximum Gasteiger partial charge on any atom is 0.354 e. The summed E-state index contributed by atoms with van der Waals surface area (Å²) in [6.45, 7) is 4.81. The molecule has 0 aromatic carbocycles. The molecular formula is C11H17N3O2. The van der Waals surface area contributed by atoms with Gasteiger partial charge in [-0.3, -0.25) is 0 Å². The Hall–Kier alpha value is -1.62. The van der Waals surface area contributed by atoms with Gasteiger partial charge in [-0.2, -0.15) is 0 Å². The van der Waals surface area contributed by atoms with Crippen molar-refractivity contribution in [2.75, 3.05) is 25.0 Å². The van der Waals surface area contributed by atoms with E-state index in [4.69, 9.17) is 5.11 Å². The fourth-order valence-corrected chi connectivity index (χ4v) is 1.28. The molecule has 1 aromatic rings. The number of rotatable bonds is 7. The normalized spacial score (nSPS) is 10.1. The first-order valence-corrected chi connectivity index (χ1v) is 5.38. The Morgan fingerprint density at radius 1 is 1.50 bits per heavy atom. The summed E-state index contributed by atoms with van der Waals surface area (Å²) in [5.74, 6) is -1.00. The number of carboxylic acids is 1. The second-order valence-electron chi connectivity index (χ2n) is 3.37. The number of anilines is 1. The quantitative estimate of drug-likeness (QED) is 0.605. The van der Waals surface area contributed by atoms with Gasteiger partial charge in [0.05, 0.1) is 0 Å². The zero-order chi connectivity index (χ0) is 11.8. The number of pyridine rings is 1. The van der Waals surface area contributed by atoms with E-state index in [0.29, 0.717) is 0 Å². The number of carboxylic acid groups (broad SMARTS) is 1. The van der Waals surface area contributed by atoms with E-state index in [-0.39, 0.29) is 5.69 Å². The van der Waals surface area contributed by atoms with Gasteiger partial charge < -0.3 is 15.7 Å². The minimum absolute atomic E-state index is 0.0664. The van der Waals surface area contributed by atoms with E-state index in [0.717, 1.165) is 31.7 Å². The smallest absolute Gasteiger partial charge is 0.354 e. The van der Waals surface area contributed by atoms with Crippen LogP contribution in [0.25, 0.3) is 0 Å². The van der Waals surface area contributed by atoms with E-state index in [1.54, 1.807) is 6.07 Å². The van der Waals surface area contributed by atoms with Crippen LogP contribution in [0, 0.1) is 0 Å². The van der Waals surface area contributed by atoms with E-state index in [2.05, 4.69) is 22.5 Å². The Labute approximate surface area is 94.9 Å². The molecule has 0 aliphatic heterocycles. The summed E-state index contributed by atoms with van der Waals surface area (Å²) in [6, 6.07) is 3.30. The summed E-state index contributed by atoms with van der Waals surface area (Å²) >= 11 is 0. The highest BCUT2D eigenvalue weighted by Gasteiger charge is 2.03. The molecule has 1 rings (SSSR count). The van der Waals surface area contributed by atoms with Crippen LogP contribution < -0.4 is 10.6 Å². The third-order valence-corrected chi connectivity index (χ3v) is 2.09. The highest BCUT2D eigenvalue weighted by Crippen LogP contribution is 2.07. The van der Waals surface area contributed by atoms with Crippen LogP contribution in [-0.4, -0.2) is 35.7 Å². The number of aromatic nitrogens is 1. The molecule has 0 atom stereocenters. The first-order valence-electron chi connectivity index (χ1n) is 5.38. The fourth-order valence-electron chi connectivity index (χ4n) is 1.28. The second-order valence-corrected chi connectivity index (χ2v) is 3.37. The third-order valence-electron chi connectivity index (χ3n) is 2.09. The Bertz CT molecular complexity index is 342. The molecule has 0 unspecified atom stereocenters. The number of nitrogens with zero attached hydrogens (tertiary/aromatic N) is 1. The molecule has 0 radical (unpaired) electrons. The van der Waals surface area contributed by atoms with E-state index in [1.165, 1.54) is 12.3 Å². The molecule has 1 aromatic heterocycles. The van der Waals surface area contributed by atoms with Crippen molar-refractivity contribution in [3.8, 4) is 0 Å². The van der Waals surface area contributed by atoms with Gasteiger partial charge in [-0.15, -0.1) is 0 Å². The lowest BCUT2D eigenvalue weighted by molar-refractivity contribution is 0.0690. The van der Waals surface area contributed by atoms with Crippen LogP contribution in [0.3, 0.4) is 0 Å². The highest BCUT2D eigenvalue weighted by atomic mass is 16.4. The fraction of sp³-hybridized carbons (Fsp3) is 0.455. The summed E-state index contributed by atoms with van der Waals surface area (Å²) in [6.07, 6.45) is 2.49. The maximum atomic E-state index is 10.7. The average molecular weight is 223 g/mol. The van der Waals surface area contributed by atoms with E-state index >= 15 is 0 Å². The number of aromatic carboxylic acids is 1. The van der Waals surface area contributed by atoms with Gasteiger partial charge in [-0.25, -0.2) is 9.78 Å². The molecule has 0 aliphatic carbocycles. The van der Waals surface area contributed by atoms with Crippen LogP contribution in [0.5, 0.6) is 0 Å². The van der Waals surface area contributed by atoms with Crippen molar-refractivity contribution in [1.29, 1.82) is 0 Å². The lowest BCUT2D eigenvalue weighted by Crippen LogP contribution is -2.17. The van der Waals surface area contributed by atoms with Crippen molar-refractivity contribution in [3.05, 3.63) is 24.0 Å². The molecule has 0 amide bonds. The van der Waals surface area contributed by atoms with Gasteiger partial charge in [0.25, 0.3) is 0 Å². The monoisotopic (exact) mass is 223 g/mol. The van der Waals surface area contributed by atoms with Gasteiger partial charge in [-0.1, -0.05) is 6.92 Å². The van der Waals surface area contributed by atoms with Gasteiger partial charge in [0, 0.05) is 18.4 Å². The van der Waals surface area contributed by atoms with E-state index < -0.39 is 5.97 Å². The Balaban J connectivity index is 2.36. The van der Waals surface area contributed by atoms with Gasteiger partial charge in [0.15, 0.2) is 0 Å². The molecule has 0 fully saturated rings. The van der Waals surface area contributed by atoms with Crippen molar-refractivity contribution in [1.82, 2.24) is 10.3 Å². The van der Waals surface area contributed by atoms with Crippen LogP contribution in [0.15, 0.2) is 18.3 Å². The molecule has 0 saturated heterocycles. The SMILES string of the molecule is CCNCCCNc1ccnc(C(=O)O)c1. The highest BCUT2D eigenvalue weighted by molar-refractivity contribution is 5.86. The number of carbonyl (C=O) groups is 1. The second kappa shape index (κ2) is 6.79. The first kappa shape index (κ1) is 12.4. The number of hydrogen-bond donors (Lipinski definition) is 3. The largest absolute Gasteiger partial charge is 0.477 e. The Morgan fingerprint density at radius 3 is 3.00 bits per heavy atom. The zero-order valence-electron chi connectivity index (χ0n) is 9.36. The topological polar surface area (TPSA) is 74.2 Å². The lowest BCUT2D eigenvalue weighted by atomic mass is 10.3. The molecule has 1 heterocycles. The van der Waals surface area contributed by atoms with Crippen molar-refractivity contribution < 1.29 is 9.90 Å². The van der Waals surface area contributed by atoms with Gasteiger partial charge >= 0.3 is 5.97 Å². The minimum atomic E-state index is -1.00. The summed E-state index contributed by atoms with van der Waals surface area (Å²) in [4.78, 5) is 14.4. The van der Waals surface area contributed by atoms with E-state index in [1.807, 2.05) is 0 Å². The van der Waals surface area contributed by atoms with Crippen LogP contribution in [0.1, 0.15) is 23.8 Å². The molecule has 0 saturated carbocycles. The van der Waals surface area contributed by atoms with E-state index in [9.17, 15) is 4.79 Å². The molecular weight excluding hydrogens is 206 g/mol. The third kappa shape index (κ3) is 4.27. The molecule has 5 nitrogen and oxygen atoms in total. The summed E-state index contributed by atoms with van der Waals surface area (Å²) in [5, 5.41) is 15.1. The van der Waals surface area contributed by atoms with Crippen molar-refractivity contribution in [3.63, 3.8) is 0 Å². The molecule has 0 spiro atoms. The standard InChI is InChI=1S/C11H17N3O2/c1-2-12-5-3-6-13-9-4-7-14-10(8-9)11(15)16/h4,7-8,12H,2-3,5-6H2,1H3,(H,13,14)(H,15,16). The molecule has 16 heavy (non-hydrogen) atoms. The molecule has 0 bridgehead atoms. The van der Waals surface area contributed by atoms with Crippen LogP contribution >= 0.6 is 0 Å². The van der Waals surface area contributed by atoms with Crippen LogP contribution in [0.2, 0.25) is 0 Å². The first-order chi connectivity index (χ1) is 7.74. The Kier molecular flexibility index (Phi) is 5.28. The number of nitrogens with one attached hydrogen (secondary N) is 2. The van der Waals surface area contributed by atoms with Crippen LogP contribution in [-0.2, 0) is 0 Å². The summed E-state index contributed by atoms with van der Waals surface area (Å²) in [7, 11) is 0. The predicted octanol–water partition coefficient (Wildman–Crippen LogP) is 1.19. The summed E-state index contributed by atoms with van der Waals surface area (Å²) < 4.78 is 0. The average Bonchev–Trinajstić information content (AvgIpc) is 2.29. The van der Waals surface area contributed by atoms with Crippen molar-refractivity contribution in [2.24, 2.45) is 0 Å². The van der Waals surface area contributed by atoms with Crippen molar-refractivity contribution >= 4 is 11.7 Å². The predicted molar refractivity (Wildman–Crippen MR) is 62.8 cm³/mol. The molecule has 5 heteroatoms. The van der Waals surface area contributed by atoms with Gasteiger partial charge in [0.2, 0.25) is 0 Å². The van der Waals surface area contributed by atoms with Gasteiger partial charge in [-0.05, 0) is 31.6 Å². The zero-order valence-corrected chi connectivity index (χ0v) is 9.36. The molecule has 88 valence electrons. The maximum absolute atomic E-state index is 10.7. The summed E-state index contributed by atoms with van der Waals surface area (Å²) in [5.41, 5.74) is 0.862. The van der Waals surface area contributed by atoms with Crippen molar-refractivity contribution in [2.45, 2.75) is 13.3 Å². The van der Waals surface area contributed by atoms with Crippen LogP contribution in [0.4, 0.5) is 5.69 Å². The lowest BCUT2D eigenvalue weighted by Gasteiger charge is -2.06. The minimum Gasteiger partial charge on any atom is -0.477 e.